The molecule has 3 aromatic rings. The van der Waals surface area contributed by atoms with Crippen LogP contribution in [0, 0.1) is 42.3 Å². The lowest BCUT2D eigenvalue weighted by Gasteiger charge is -2.14. The highest BCUT2D eigenvalue weighted by Crippen LogP contribution is 2.32. The molecule has 8 heteroatoms. The van der Waals surface area contributed by atoms with Gasteiger partial charge in [0.15, 0.2) is 11.6 Å². The number of benzene rings is 2. The minimum atomic E-state index is -0.614. The normalized spacial score (nSPS) is 10.3. The fraction of sp³-hybridized carbons (Fsp3) is 0.182. The second-order valence-corrected chi connectivity index (χ2v) is 6.70. The van der Waals surface area contributed by atoms with E-state index in [1.54, 1.807) is 32.0 Å². The molecule has 1 aromatic heterocycles. The molecule has 0 aliphatic carbocycles. The van der Waals surface area contributed by atoms with Crippen LogP contribution >= 0.6 is 0 Å². The summed E-state index contributed by atoms with van der Waals surface area (Å²) in [5.74, 6) is -0.469. The molecule has 0 spiro atoms. The standard InChI is InChI=1S/C22H17FN4O3/c1-13-3-4-17(9-18-5-14(2)22(29)27(12-28)26-18)20(23)21(13)30-19-7-15(10-24)6-16(8-19)11-25/h3-8,28H,9,12H2,1-2H3. The van der Waals surface area contributed by atoms with Gasteiger partial charge in [0.05, 0.1) is 29.0 Å². The van der Waals surface area contributed by atoms with Crippen molar-refractivity contribution in [3.63, 3.8) is 0 Å². The van der Waals surface area contributed by atoms with Gasteiger partial charge >= 0.3 is 0 Å². The van der Waals surface area contributed by atoms with Crippen LogP contribution in [0.2, 0.25) is 0 Å². The molecule has 0 saturated heterocycles. The number of nitriles is 2. The molecule has 0 atom stereocenters. The summed E-state index contributed by atoms with van der Waals surface area (Å²) < 4.78 is 21.8. The highest BCUT2D eigenvalue weighted by molar-refractivity contribution is 5.48. The number of aliphatic hydroxyl groups is 1. The van der Waals surface area contributed by atoms with Crippen molar-refractivity contribution in [2.75, 3.05) is 0 Å². The molecular weight excluding hydrogens is 387 g/mol. The lowest BCUT2D eigenvalue weighted by molar-refractivity contribution is 0.187. The van der Waals surface area contributed by atoms with E-state index in [4.69, 9.17) is 15.3 Å². The number of hydrogen-bond donors (Lipinski definition) is 1. The van der Waals surface area contributed by atoms with E-state index in [0.717, 1.165) is 4.68 Å². The molecule has 0 saturated carbocycles. The van der Waals surface area contributed by atoms with Crippen LogP contribution in [0.4, 0.5) is 4.39 Å². The number of aromatic nitrogens is 2. The zero-order chi connectivity index (χ0) is 21.8. The van der Waals surface area contributed by atoms with Gasteiger partial charge in [-0.15, -0.1) is 0 Å². The van der Waals surface area contributed by atoms with Crippen LogP contribution in [0.25, 0.3) is 0 Å². The van der Waals surface area contributed by atoms with Crippen molar-refractivity contribution >= 4 is 0 Å². The number of aryl methyl sites for hydroxylation is 2. The lowest BCUT2D eigenvalue weighted by Crippen LogP contribution is -2.26. The van der Waals surface area contributed by atoms with Crippen LogP contribution in [0.15, 0.2) is 41.2 Å². The summed E-state index contributed by atoms with van der Waals surface area (Å²) in [6.07, 6.45) is 0.0747. The number of ether oxygens (including phenoxy) is 1. The Balaban J connectivity index is 1.99. The number of nitrogens with zero attached hydrogens (tertiary/aromatic N) is 4. The maximum atomic E-state index is 15.2. The van der Waals surface area contributed by atoms with Crippen molar-refractivity contribution in [1.29, 1.82) is 10.5 Å². The van der Waals surface area contributed by atoms with Crippen molar-refractivity contribution in [3.8, 4) is 23.6 Å². The summed E-state index contributed by atoms with van der Waals surface area (Å²) in [5, 5.41) is 31.5. The Morgan fingerprint density at radius 2 is 1.77 bits per heavy atom. The van der Waals surface area contributed by atoms with Gasteiger partial charge in [0.1, 0.15) is 12.5 Å². The van der Waals surface area contributed by atoms with E-state index >= 15 is 4.39 Å². The van der Waals surface area contributed by atoms with Crippen molar-refractivity contribution in [1.82, 2.24) is 9.78 Å². The molecule has 150 valence electrons. The van der Waals surface area contributed by atoms with Crippen molar-refractivity contribution in [2.24, 2.45) is 0 Å². The summed E-state index contributed by atoms with van der Waals surface area (Å²) in [6.45, 7) is 2.69. The van der Waals surface area contributed by atoms with Crippen LogP contribution in [0.3, 0.4) is 0 Å². The maximum absolute atomic E-state index is 15.2. The number of hydrogen-bond acceptors (Lipinski definition) is 6. The predicted octanol–water partition coefficient (Wildman–Crippen LogP) is 3.08. The van der Waals surface area contributed by atoms with Crippen molar-refractivity contribution in [3.05, 3.63) is 86.1 Å². The van der Waals surface area contributed by atoms with Crippen molar-refractivity contribution < 1.29 is 14.2 Å². The quantitative estimate of drug-likeness (QED) is 0.699. The fourth-order valence-corrected chi connectivity index (χ4v) is 2.98. The van der Waals surface area contributed by atoms with E-state index in [0.29, 0.717) is 16.8 Å². The Kier molecular flexibility index (Phi) is 5.91. The van der Waals surface area contributed by atoms with Gasteiger partial charge in [-0.25, -0.2) is 9.07 Å². The molecular formula is C22H17FN4O3. The number of aliphatic hydroxyl groups excluding tert-OH is 1. The van der Waals surface area contributed by atoms with E-state index in [9.17, 15) is 9.90 Å². The smallest absolute Gasteiger partial charge is 0.271 e. The molecule has 3 rings (SSSR count). The maximum Gasteiger partial charge on any atom is 0.271 e. The Labute approximate surface area is 171 Å². The average molecular weight is 404 g/mol. The first-order chi connectivity index (χ1) is 14.4. The van der Waals surface area contributed by atoms with Crippen LogP contribution in [0.1, 0.15) is 33.5 Å². The van der Waals surface area contributed by atoms with Crippen LogP contribution < -0.4 is 10.3 Å². The highest BCUT2D eigenvalue weighted by Gasteiger charge is 2.16. The van der Waals surface area contributed by atoms with Gasteiger partial charge < -0.3 is 9.84 Å². The topological polar surface area (TPSA) is 112 Å². The second-order valence-electron chi connectivity index (χ2n) is 6.70. The molecule has 0 fully saturated rings. The molecule has 7 nitrogen and oxygen atoms in total. The summed E-state index contributed by atoms with van der Waals surface area (Å²) in [4.78, 5) is 11.9. The zero-order valence-electron chi connectivity index (χ0n) is 16.3. The van der Waals surface area contributed by atoms with Gasteiger partial charge in [0.25, 0.3) is 5.56 Å². The molecule has 0 aliphatic rings. The zero-order valence-corrected chi connectivity index (χ0v) is 16.3. The predicted molar refractivity (Wildman–Crippen MR) is 105 cm³/mol. The Bertz CT molecular complexity index is 1240. The molecule has 0 unspecified atom stereocenters. The third kappa shape index (κ3) is 4.19. The first kappa shape index (κ1) is 20.7. The van der Waals surface area contributed by atoms with Gasteiger partial charge in [-0.05, 0) is 49.2 Å². The van der Waals surface area contributed by atoms with E-state index in [2.05, 4.69) is 5.10 Å². The van der Waals surface area contributed by atoms with Crippen LogP contribution in [-0.2, 0) is 13.2 Å². The van der Waals surface area contributed by atoms with Gasteiger partial charge in [0, 0.05) is 12.0 Å². The summed E-state index contributed by atoms with van der Waals surface area (Å²) in [6, 6.07) is 13.0. The van der Waals surface area contributed by atoms with Crippen LogP contribution in [0.5, 0.6) is 11.5 Å². The SMILES string of the molecule is Cc1ccc(Cc2cc(C)c(=O)n(CO)n2)c(F)c1Oc1cc(C#N)cc(C#N)c1. The van der Waals surface area contributed by atoms with Crippen molar-refractivity contribution in [2.45, 2.75) is 27.0 Å². The van der Waals surface area contributed by atoms with Gasteiger partial charge in [-0.1, -0.05) is 12.1 Å². The molecule has 2 aromatic carbocycles. The number of halogens is 1. The molecule has 0 radical (unpaired) electrons. The first-order valence-electron chi connectivity index (χ1n) is 8.96. The van der Waals surface area contributed by atoms with Crippen LogP contribution in [-0.4, -0.2) is 14.9 Å². The van der Waals surface area contributed by atoms with Gasteiger partial charge in [-0.2, -0.15) is 15.6 Å². The molecule has 1 N–H and O–H groups in total. The summed E-state index contributed by atoms with van der Waals surface area (Å²) in [7, 11) is 0. The Morgan fingerprint density at radius 1 is 1.10 bits per heavy atom. The summed E-state index contributed by atoms with van der Waals surface area (Å²) in [5.41, 5.74) is 1.64. The molecule has 1 heterocycles. The Hall–Kier alpha value is -4.01. The van der Waals surface area contributed by atoms with E-state index in [-0.39, 0.29) is 34.6 Å². The monoisotopic (exact) mass is 404 g/mol. The fourth-order valence-electron chi connectivity index (χ4n) is 2.98. The lowest BCUT2D eigenvalue weighted by atomic mass is 10.0. The van der Waals surface area contributed by atoms with Gasteiger partial charge in [0.2, 0.25) is 0 Å². The third-order valence-corrected chi connectivity index (χ3v) is 4.47. The van der Waals surface area contributed by atoms with Gasteiger partial charge in [-0.3, -0.25) is 4.79 Å². The van der Waals surface area contributed by atoms with E-state index in [1.165, 1.54) is 18.2 Å². The highest BCUT2D eigenvalue weighted by atomic mass is 19.1. The molecule has 0 aliphatic heterocycles. The van der Waals surface area contributed by atoms with E-state index in [1.807, 2.05) is 12.1 Å². The first-order valence-corrected chi connectivity index (χ1v) is 8.96. The third-order valence-electron chi connectivity index (χ3n) is 4.47. The largest absolute Gasteiger partial charge is 0.454 e. The number of rotatable bonds is 5. The molecule has 0 amide bonds. The minimum absolute atomic E-state index is 0.0290. The minimum Gasteiger partial charge on any atom is -0.454 e. The second kappa shape index (κ2) is 8.56. The summed E-state index contributed by atoms with van der Waals surface area (Å²) >= 11 is 0. The van der Waals surface area contributed by atoms with E-state index < -0.39 is 18.1 Å². The average Bonchev–Trinajstić information content (AvgIpc) is 2.75. The Morgan fingerprint density at radius 3 is 2.37 bits per heavy atom. The molecule has 30 heavy (non-hydrogen) atoms. The molecule has 0 bridgehead atoms.